The number of aromatic nitrogens is 2. The minimum absolute atomic E-state index is 0.00420. The van der Waals surface area contributed by atoms with Crippen LogP contribution in [0.3, 0.4) is 0 Å². The summed E-state index contributed by atoms with van der Waals surface area (Å²) in [5.41, 5.74) is 0.634. The van der Waals surface area contributed by atoms with E-state index in [-0.39, 0.29) is 25.1 Å². The number of carbonyl (C=O) groups excluding carboxylic acids is 2. The van der Waals surface area contributed by atoms with Crippen LogP contribution in [0.15, 0.2) is 46.8 Å². The number of ether oxygens (including phenoxy) is 2. The van der Waals surface area contributed by atoms with Gasteiger partial charge in [0.15, 0.2) is 0 Å². The lowest BCUT2D eigenvalue weighted by Gasteiger charge is -2.10. The molecule has 2 aromatic rings. The van der Waals surface area contributed by atoms with Crippen molar-refractivity contribution in [2.45, 2.75) is 19.9 Å². The Bertz CT molecular complexity index is 987. The Balaban J connectivity index is 2.54. The van der Waals surface area contributed by atoms with E-state index in [2.05, 4.69) is 9.84 Å². The van der Waals surface area contributed by atoms with Crippen molar-refractivity contribution in [1.82, 2.24) is 9.78 Å². The number of aryl methyl sites for hydroxylation is 1. The minimum atomic E-state index is -0.812. The molecule has 1 aromatic carbocycles. The fourth-order valence-electron chi connectivity index (χ4n) is 2.43. The molecule has 1 aromatic heterocycles. The van der Waals surface area contributed by atoms with Gasteiger partial charge in [-0.1, -0.05) is 30.3 Å². The lowest BCUT2D eigenvalue weighted by Crippen LogP contribution is -2.25. The number of hydrogen-bond donors (Lipinski definition) is 0. The van der Waals surface area contributed by atoms with E-state index in [1.807, 2.05) is 6.07 Å². The Labute approximate surface area is 161 Å². The lowest BCUT2D eigenvalue weighted by molar-refractivity contribution is -0.143. The van der Waals surface area contributed by atoms with Crippen LogP contribution in [0.1, 0.15) is 18.9 Å². The highest BCUT2D eigenvalue weighted by Gasteiger charge is 2.15. The van der Waals surface area contributed by atoms with Gasteiger partial charge in [-0.25, -0.2) is 9.48 Å². The van der Waals surface area contributed by atoms with Gasteiger partial charge < -0.3 is 9.47 Å². The topological polar surface area (TPSA) is 111 Å². The number of methoxy groups -OCH3 is 1. The molecule has 8 nitrogen and oxygen atoms in total. The Morgan fingerprint density at radius 3 is 2.61 bits per heavy atom. The molecule has 0 saturated heterocycles. The zero-order chi connectivity index (χ0) is 20.5. The average Bonchev–Trinajstić information content (AvgIpc) is 2.71. The predicted octanol–water partition coefficient (Wildman–Crippen LogP) is 1.94. The first kappa shape index (κ1) is 20.6. The first-order chi connectivity index (χ1) is 13.5. The van der Waals surface area contributed by atoms with Crippen molar-refractivity contribution < 1.29 is 19.1 Å². The maximum atomic E-state index is 12.4. The van der Waals surface area contributed by atoms with Crippen molar-refractivity contribution in [3.8, 4) is 17.3 Å². The van der Waals surface area contributed by atoms with Crippen LogP contribution in [0.25, 0.3) is 17.3 Å². The third-order valence-corrected chi connectivity index (χ3v) is 3.73. The summed E-state index contributed by atoms with van der Waals surface area (Å²) in [6.07, 6.45) is 1.26. The SMILES string of the molecule is CCOC(=O)CCn1nc(-c2ccccc2)c(/C=C(\C#N)C(=O)OC)cc1=O. The van der Waals surface area contributed by atoms with Crippen LogP contribution < -0.4 is 5.56 Å². The Kier molecular flexibility index (Phi) is 7.22. The molecule has 8 heteroatoms. The van der Waals surface area contributed by atoms with E-state index >= 15 is 0 Å². The van der Waals surface area contributed by atoms with E-state index in [0.717, 1.165) is 11.8 Å². The first-order valence-electron chi connectivity index (χ1n) is 8.53. The highest BCUT2D eigenvalue weighted by Crippen LogP contribution is 2.22. The van der Waals surface area contributed by atoms with Crippen LogP contribution >= 0.6 is 0 Å². The summed E-state index contributed by atoms with van der Waals surface area (Å²) in [7, 11) is 1.16. The molecular weight excluding hydrogens is 362 g/mol. The molecule has 0 N–H and O–H groups in total. The zero-order valence-corrected chi connectivity index (χ0v) is 15.5. The molecule has 144 valence electrons. The highest BCUT2D eigenvalue weighted by atomic mass is 16.5. The molecule has 0 aliphatic carbocycles. The molecule has 0 spiro atoms. The Morgan fingerprint density at radius 2 is 2.00 bits per heavy atom. The molecule has 0 radical (unpaired) electrons. The van der Waals surface area contributed by atoms with E-state index in [1.165, 1.54) is 12.1 Å². The lowest BCUT2D eigenvalue weighted by atomic mass is 10.0. The van der Waals surface area contributed by atoms with Crippen molar-refractivity contribution in [2.75, 3.05) is 13.7 Å². The fraction of sp³-hybridized carbons (Fsp3) is 0.250. The summed E-state index contributed by atoms with van der Waals surface area (Å²) < 4.78 is 10.6. The minimum Gasteiger partial charge on any atom is -0.466 e. The molecular formula is C20H19N3O5. The summed E-state index contributed by atoms with van der Waals surface area (Å²) in [6, 6.07) is 12.0. The molecule has 0 bridgehead atoms. The van der Waals surface area contributed by atoms with Gasteiger partial charge in [-0.05, 0) is 13.0 Å². The number of nitriles is 1. The summed E-state index contributed by atoms with van der Waals surface area (Å²) in [6.45, 7) is 2.00. The Morgan fingerprint density at radius 1 is 1.29 bits per heavy atom. The van der Waals surface area contributed by atoms with Crippen molar-refractivity contribution in [1.29, 1.82) is 5.26 Å². The normalized spacial score (nSPS) is 10.8. The number of esters is 2. The summed E-state index contributed by atoms with van der Waals surface area (Å²) >= 11 is 0. The second-order valence-corrected chi connectivity index (χ2v) is 5.59. The van der Waals surface area contributed by atoms with Crippen molar-refractivity contribution in [2.24, 2.45) is 0 Å². The second kappa shape index (κ2) is 9.83. The van der Waals surface area contributed by atoms with Crippen molar-refractivity contribution in [3.05, 3.63) is 57.9 Å². The number of hydrogen-bond acceptors (Lipinski definition) is 7. The fourth-order valence-corrected chi connectivity index (χ4v) is 2.43. The molecule has 0 saturated carbocycles. The molecule has 1 heterocycles. The van der Waals surface area contributed by atoms with Crippen LogP contribution in [0.5, 0.6) is 0 Å². The van der Waals surface area contributed by atoms with Gasteiger partial charge >= 0.3 is 11.9 Å². The first-order valence-corrected chi connectivity index (χ1v) is 8.53. The van der Waals surface area contributed by atoms with Gasteiger partial charge in [0.1, 0.15) is 11.6 Å². The van der Waals surface area contributed by atoms with Gasteiger partial charge in [0.2, 0.25) is 0 Å². The van der Waals surface area contributed by atoms with E-state index in [0.29, 0.717) is 16.8 Å². The quantitative estimate of drug-likeness (QED) is 0.409. The summed E-state index contributed by atoms with van der Waals surface area (Å²) in [4.78, 5) is 35.7. The smallest absolute Gasteiger partial charge is 0.348 e. The number of nitrogens with zero attached hydrogens (tertiary/aromatic N) is 3. The predicted molar refractivity (Wildman–Crippen MR) is 101 cm³/mol. The molecule has 0 aliphatic rings. The molecule has 0 aliphatic heterocycles. The summed E-state index contributed by atoms with van der Waals surface area (Å²) in [5, 5.41) is 13.5. The van der Waals surface area contributed by atoms with E-state index in [4.69, 9.17) is 4.74 Å². The van der Waals surface area contributed by atoms with E-state index < -0.39 is 17.5 Å². The van der Waals surface area contributed by atoms with Crippen molar-refractivity contribution >= 4 is 18.0 Å². The van der Waals surface area contributed by atoms with Crippen LogP contribution in [0, 0.1) is 11.3 Å². The maximum Gasteiger partial charge on any atom is 0.348 e. The second-order valence-electron chi connectivity index (χ2n) is 5.59. The van der Waals surface area contributed by atoms with Gasteiger partial charge in [-0.15, -0.1) is 0 Å². The maximum absolute atomic E-state index is 12.4. The van der Waals surface area contributed by atoms with Crippen LogP contribution in [0.2, 0.25) is 0 Å². The van der Waals surface area contributed by atoms with Crippen LogP contribution in [-0.4, -0.2) is 35.4 Å². The van der Waals surface area contributed by atoms with Gasteiger partial charge in [-0.2, -0.15) is 10.4 Å². The van der Waals surface area contributed by atoms with Crippen LogP contribution in [0.4, 0.5) is 0 Å². The molecule has 0 amide bonds. The average molecular weight is 381 g/mol. The molecule has 0 unspecified atom stereocenters. The third kappa shape index (κ3) is 5.14. The van der Waals surface area contributed by atoms with Gasteiger partial charge in [0.25, 0.3) is 5.56 Å². The van der Waals surface area contributed by atoms with Crippen LogP contribution in [-0.2, 0) is 25.6 Å². The van der Waals surface area contributed by atoms with Gasteiger partial charge in [0, 0.05) is 17.2 Å². The standard InChI is InChI=1S/C20H19N3O5/c1-3-28-18(25)9-10-23-17(24)12-15(11-16(13-21)20(26)27-2)19(22-23)14-7-5-4-6-8-14/h4-8,11-12H,3,9-10H2,1-2H3/b16-11+. The van der Waals surface area contributed by atoms with E-state index in [1.54, 1.807) is 37.3 Å². The van der Waals surface area contributed by atoms with Crippen molar-refractivity contribution in [3.63, 3.8) is 0 Å². The molecule has 0 fully saturated rings. The molecule has 28 heavy (non-hydrogen) atoms. The summed E-state index contributed by atoms with van der Waals surface area (Å²) in [5.74, 6) is -1.24. The zero-order valence-electron chi connectivity index (χ0n) is 15.5. The third-order valence-electron chi connectivity index (χ3n) is 3.73. The van der Waals surface area contributed by atoms with Gasteiger partial charge in [-0.3, -0.25) is 9.59 Å². The number of carbonyl (C=O) groups is 2. The molecule has 2 rings (SSSR count). The van der Waals surface area contributed by atoms with E-state index in [9.17, 15) is 19.6 Å². The number of benzene rings is 1. The molecule has 0 atom stereocenters. The Hall–Kier alpha value is -3.73. The van der Waals surface area contributed by atoms with Gasteiger partial charge in [0.05, 0.1) is 32.4 Å². The highest BCUT2D eigenvalue weighted by molar-refractivity contribution is 5.98. The number of rotatable bonds is 7. The largest absolute Gasteiger partial charge is 0.466 e. The monoisotopic (exact) mass is 381 g/mol.